The molecule has 0 saturated carbocycles. The van der Waals surface area contributed by atoms with E-state index in [9.17, 15) is 4.79 Å². The van der Waals surface area contributed by atoms with Crippen molar-refractivity contribution in [3.8, 4) is 0 Å². The van der Waals surface area contributed by atoms with E-state index < -0.39 is 5.60 Å². The van der Waals surface area contributed by atoms with Gasteiger partial charge in [0.05, 0.1) is 6.61 Å². The molecule has 0 bridgehead atoms. The van der Waals surface area contributed by atoms with E-state index in [1.165, 1.54) is 6.08 Å². The van der Waals surface area contributed by atoms with E-state index in [1.807, 2.05) is 36.4 Å². The summed E-state index contributed by atoms with van der Waals surface area (Å²) in [6.45, 7) is 2.18. The van der Waals surface area contributed by atoms with Gasteiger partial charge >= 0.3 is 5.97 Å². The van der Waals surface area contributed by atoms with Crippen molar-refractivity contribution in [2.24, 2.45) is 0 Å². The minimum absolute atomic E-state index is 0.297. The molecule has 0 aliphatic carbocycles. The molecule has 0 aromatic heterocycles. The number of hydrogen-bond donors (Lipinski definition) is 0. The molecule has 2 aromatic rings. The Kier molecular flexibility index (Phi) is 6.97. The van der Waals surface area contributed by atoms with Crippen LogP contribution in [0.15, 0.2) is 72.8 Å². The lowest BCUT2D eigenvalue weighted by Crippen LogP contribution is -2.31. The van der Waals surface area contributed by atoms with Gasteiger partial charge in [0.2, 0.25) is 0 Å². The Bertz CT molecular complexity index is 614. The summed E-state index contributed by atoms with van der Waals surface area (Å²) in [5.41, 5.74) is 1.78. The topological polar surface area (TPSA) is 35.5 Å². The van der Waals surface area contributed by atoms with E-state index in [2.05, 4.69) is 24.3 Å². The summed E-state index contributed by atoms with van der Waals surface area (Å²) in [4.78, 5) is 11.4. The van der Waals surface area contributed by atoms with Gasteiger partial charge in [-0.1, -0.05) is 66.7 Å². The average molecular weight is 340 g/mol. The molecular formula is C20H24O3Si. The summed E-state index contributed by atoms with van der Waals surface area (Å²) in [6, 6.07) is 20.5. The van der Waals surface area contributed by atoms with Crippen LogP contribution in [0.2, 0.25) is 0 Å². The number of hydrogen-bond acceptors (Lipinski definition) is 3. The Morgan fingerprint density at radius 2 is 1.58 bits per heavy atom. The number of allylic oxidation sites excluding steroid dienone is 1. The van der Waals surface area contributed by atoms with Crippen LogP contribution >= 0.6 is 0 Å². The van der Waals surface area contributed by atoms with Gasteiger partial charge in [0.1, 0.15) is 16.1 Å². The van der Waals surface area contributed by atoms with Gasteiger partial charge in [0.25, 0.3) is 0 Å². The smallest absolute Gasteiger partial charge is 0.330 e. The molecule has 4 heteroatoms. The second kappa shape index (κ2) is 9.20. The number of carbonyl (C=O) groups excluding carboxylic acids is 1. The van der Waals surface area contributed by atoms with Crippen molar-refractivity contribution in [1.82, 2.24) is 0 Å². The Morgan fingerprint density at radius 1 is 1.04 bits per heavy atom. The van der Waals surface area contributed by atoms with Crippen molar-refractivity contribution in [2.75, 3.05) is 6.61 Å². The first-order chi connectivity index (χ1) is 11.7. The lowest BCUT2D eigenvalue weighted by atomic mass is 9.83. The molecule has 2 rings (SSSR count). The van der Waals surface area contributed by atoms with Crippen molar-refractivity contribution < 1.29 is 14.0 Å². The van der Waals surface area contributed by atoms with Crippen molar-refractivity contribution in [2.45, 2.75) is 25.4 Å². The second-order valence-corrected chi connectivity index (χ2v) is 5.94. The number of esters is 1. The number of benzene rings is 2. The molecule has 0 saturated heterocycles. The van der Waals surface area contributed by atoms with Crippen LogP contribution < -0.4 is 0 Å². The van der Waals surface area contributed by atoms with Crippen LogP contribution in [0.25, 0.3) is 0 Å². The molecule has 0 unspecified atom stereocenters. The molecule has 0 aliphatic rings. The molecule has 2 aromatic carbocycles. The Hall–Kier alpha value is -2.17. The van der Waals surface area contributed by atoms with Crippen LogP contribution in [0, 0.1) is 0 Å². The SMILES string of the molecule is CC=CC(=O)OCCCC(O[SiH3])(c1ccccc1)c1ccccc1. The largest absolute Gasteiger partial charge is 0.463 e. The summed E-state index contributed by atoms with van der Waals surface area (Å²) in [5.74, 6) is -0.297. The average Bonchev–Trinajstić information content (AvgIpc) is 2.64. The molecule has 0 radical (unpaired) electrons. The highest BCUT2D eigenvalue weighted by atomic mass is 28.2. The van der Waals surface area contributed by atoms with Gasteiger partial charge in [-0.25, -0.2) is 4.79 Å². The van der Waals surface area contributed by atoms with Crippen LogP contribution in [0.5, 0.6) is 0 Å². The van der Waals surface area contributed by atoms with E-state index in [0.717, 1.165) is 24.0 Å². The number of carbonyl (C=O) groups is 1. The second-order valence-electron chi connectivity index (χ2n) is 5.53. The summed E-state index contributed by atoms with van der Waals surface area (Å²) in [5, 5.41) is 0. The maximum Gasteiger partial charge on any atom is 0.330 e. The molecule has 0 N–H and O–H groups in total. The normalized spacial score (nSPS) is 11.7. The third kappa shape index (κ3) is 4.43. The predicted octanol–water partition coefficient (Wildman–Crippen LogP) is 3.13. The van der Waals surface area contributed by atoms with Gasteiger partial charge in [0.15, 0.2) is 0 Å². The molecule has 126 valence electrons. The molecule has 0 amide bonds. The first-order valence-electron chi connectivity index (χ1n) is 8.18. The summed E-state index contributed by atoms with van der Waals surface area (Å²) in [7, 11) is 0.613. The minimum Gasteiger partial charge on any atom is -0.463 e. The standard InChI is InChI=1S/C20H24O3Si/c1-2-10-19(21)22-16-9-15-20(23-24,17-11-5-3-6-12-17)18-13-7-4-8-14-18/h2-8,10-14H,9,15-16H2,1,24H3. The van der Waals surface area contributed by atoms with Gasteiger partial charge in [0, 0.05) is 6.08 Å². The zero-order chi connectivity index (χ0) is 17.3. The van der Waals surface area contributed by atoms with Crippen LogP contribution in [-0.4, -0.2) is 23.1 Å². The van der Waals surface area contributed by atoms with E-state index in [-0.39, 0.29) is 5.97 Å². The van der Waals surface area contributed by atoms with Crippen molar-refractivity contribution >= 4 is 16.5 Å². The minimum atomic E-state index is -0.484. The van der Waals surface area contributed by atoms with Gasteiger partial charge in [-0.2, -0.15) is 0 Å². The summed E-state index contributed by atoms with van der Waals surface area (Å²) in [6.07, 6.45) is 4.61. The quantitative estimate of drug-likeness (QED) is 0.321. The third-order valence-electron chi connectivity index (χ3n) is 4.05. The Balaban J connectivity index is 2.19. The highest BCUT2D eigenvalue weighted by Crippen LogP contribution is 2.37. The fourth-order valence-electron chi connectivity index (χ4n) is 2.89. The lowest BCUT2D eigenvalue weighted by molar-refractivity contribution is -0.138. The molecule has 0 atom stereocenters. The first-order valence-corrected chi connectivity index (χ1v) is 9.00. The highest BCUT2D eigenvalue weighted by molar-refractivity contribution is 5.98. The monoisotopic (exact) mass is 340 g/mol. The zero-order valence-electron chi connectivity index (χ0n) is 14.3. The molecule has 24 heavy (non-hydrogen) atoms. The van der Waals surface area contributed by atoms with Gasteiger partial charge in [-0.05, 0) is 30.9 Å². The van der Waals surface area contributed by atoms with E-state index in [0.29, 0.717) is 17.1 Å². The number of rotatable bonds is 8. The molecule has 0 aliphatic heterocycles. The summed E-state index contributed by atoms with van der Waals surface area (Å²) >= 11 is 0. The van der Waals surface area contributed by atoms with Crippen molar-refractivity contribution in [1.29, 1.82) is 0 Å². The van der Waals surface area contributed by atoms with Gasteiger partial charge in [-0.3, -0.25) is 0 Å². The van der Waals surface area contributed by atoms with E-state index in [1.54, 1.807) is 13.0 Å². The molecule has 3 nitrogen and oxygen atoms in total. The maximum absolute atomic E-state index is 11.4. The van der Waals surface area contributed by atoms with Crippen molar-refractivity contribution in [3.63, 3.8) is 0 Å². The van der Waals surface area contributed by atoms with Crippen molar-refractivity contribution in [3.05, 3.63) is 83.9 Å². The Morgan fingerprint density at radius 3 is 2.04 bits per heavy atom. The van der Waals surface area contributed by atoms with E-state index >= 15 is 0 Å². The lowest BCUT2D eigenvalue weighted by Gasteiger charge is -2.34. The fraction of sp³-hybridized carbons (Fsp3) is 0.250. The predicted molar refractivity (Wildman–Crippen MR) is 99.7 cm³/mol. The van der Waals surface area contributed by atoms with Gasteiger partial charge < -0.3 is 9.16 Å². The zero-order valence-corrected chi connectivity index (χ0v) is 16.3. The first kappa shape index (κ1) is 18.2. The summed E-state index contributed by atoms with van der Waals surface area (Å²) < 4.78 is 11.4. The molecule has 0 spiro atoms. The van der Waals surface area contributed by atoms with Crippen LogP contribution in [0.1, 0.15) is 30.9 Å². The highest BCUT2D eigenvalue weighted by Gasteiger charge is 2.33. The fourth-order valence-corrected chi connectivity index (χ4v) is 3.56. The molecular weight excluding hydrogens is 316 g/mol. The van der Waals surface area contributed by atoms with Crippen LogP contribution in [0.3, 0.4) is 0 Å². The number of ether oxygens (including phenoxy) is 1. The Labute approximate surface area is 146 Å². The third-order valence-corrected chi connectivity index (χ3v) is 4.75. The molecule has 0 fully saturated rings. The van der Waals surface area contributed by atoms with Gasteiger partial charge in [-0.15, -0.1) is 0 Å². The van der Waals surface area contributed by atoms with E-state index in [4.69, 9.17) is 9.16 Å². The molecule has 0 heterocycles. The maximum atomic E-state index is 11.4. The van der Waals surface area contributed by atoms with Crippen LogP contribution in [0.4, 0.5) is 0 Å². The van der Waals surface area contributed by atoms with Crippen LogP contribution in [-0.2, 0) is 19.6 Å².